The van der Waals surface area contributed by atoms with Crippen molar-refractivity contribution < 1.29 is 4.79 Å². The summed E-state index contributed by atoms with van der Waals surface area (Å²) >= 11 is 1.76. The summed E-state index contributed by atoms with van der Waals surface area (Å²) in [5.41, 5.74) is 0. The van der Waals surface area contributed by atoms with Crippen molar-refractivity contribution >= 4 is 47.2 Å². The third-order valence-electron chi connectivity index (χ3n) is 2.83. The molecule has 0 unspecified atom stereocenters. The highest BCUT2D eigenvalue weighted by molar-refractivity contribution is 14.0. The normalized spacial score (nSPS) is 10.7. The zero-order valence-corrected chi connectivity index (χ0v) is 16.0. The molecular formula is C14H25IN4OS. The molecule has 5 nitrogen and oxygen atoms in total. The fraction of sp³-hybridized carbons (Fsp3) is 0.571. The number of thiophene rings is 1. The van der Waals surface area contributed by atoms with Gasteiger partial charge in [0.1, 0.15) is 0 Å². The number of nitrogens with zero attached hydrogens (tertiary/aromatic N) is 2. The van der Waals surface area contributed by atoms with Gasteiger partial charge in [0, 0.05) is 32.1 Å². The summed E-state index contributed by atoms with van der Waals surface area (Å²) in [6, 6.07) is 4.19. The number of carbonyl (C=O) groups excluding carboxylic acids is 1. The zero-order chi connectivity index (χ0) is 14.8. The first-order valence-corrected chi connectivity index (χ1v) is 7.76. The number of nitrogens with one attached hydrogen (secondary N) is 2. The van der Waals surface area contributed by atoms with Gasteiger partial charge in [0.25, 0.3) is 0 Å². The van der Waals surface area contributed by atoms with Crippen LogP contribution in [0.15, 0.2) is 22.5 Å². The lowest BCUT2D eigenvalue weighted by molar-refractivity contribution is -0.120. The standard InChI is InChI=1S/C14H24N4OS.HI/c1-4-8-16-13(19)11-17-14(15-2)18(3)9-7-12-6-5-10-20-12;/h5-6,10H,4,7-9,11H2,1-3H3,(H,15,17)(H,16,19);1H. The average molecular weight is 424 g/mol. The SMILES string of the molecule is CCCNC(=O)CNC(=NC)N(C)CCc1cccs1.I. The van der Waals surface area contributed by atoms with Crippen molar-refractivity contribution in [2.24, 2.45) is 4.99 Å². The minimum Gasteiger partial charge on any atom is -0.355 e. The molecule has 0 aromatic carbocycles. The summed E-state index contributed by atoms with van der Waals surface area (Å²) < 4.78 is 0. The molecular weight excluding hydrogens is 399 g/mol. The van der Waals surface area contributed by atoms with Crippen molar-refractivity contribution in [2.75, 3.05) is 33.7 Å². The molecule has 2 N–H and O–H groups in total. The number of guanidine groups is 1. The van der Waals surface area contributed by atoms with Crippen molar-refractivity contribution in [3.05, 3.63) is 22.4 Å². The molecule has 0 aliphatic carbocycles. The number of amides is 1. The van der Waals surface area contributed by atoms with Crippen molar-refractivity contribution in [1.29, 1.82) is 0 Å². The molecule has 1 aromatic rings. The zero-order valence-electron chi connectivity index (χ0n) is 12.9. The number of halogens is 1. The lowest BCUT2D eigenvalue weighted by atomic mass is 10.3. The fourth-order valence-corrected chi connectivity index (χ4v) is 2.41. The van der Waals surface area contributed by atoms with Gasteiger partial charge in [0.15, 0.2) is 5.96 Å². The Morgan fingerprint density at radius 2 is 2.19 bits per heavy atom. The van der Waals surface area contributed by atoms with E-state index in [1.807, 2.05) is 18.9 Å². The van der Waals surface area contributed by atoms with Gasteiger partial charge >= 0.3 is 0 Å². The third kappa shape index (κ3) is 8.25. The molecule has 0 saturated heterocycles. The maximum atomic E-state index is 11.5. The number of likely N-dealkylation sites (N-methyl/N-ethyl adjacent to an activating group) is 1. The maximum absolute atomic E-state index is 11.5. The van der Waals surface area contributed by atoms with Gasteiger partial charge in [-0.25, -0.2) is 0 Å². The highest BCUT2D eigenvalue weighted by Gasteiger charge is 2.08. The largest absolute Gasteiger partial charge is 0.355 e. The number of carbonyl (C=O) groups is 1. The number of hydrogen-bond donors (Lipinski definition) is 2. The predicted molar refractivity (Wildman–Crippen MR) is 101 cm³/mol. The fourth-order valence-electron chi connectivity index (χ4n) is 1.71. The van der Waals surface area contributed by atoms with E-state index in [-0.39, 0.29) is 36.4 Å². The Morgan fingerprint density at radius 3 is 2.76 bits per heavy atom. The molecule has 0 fully saturated rings. The van der Waals surface area contributed by atoms with Crippen LogP contribution in [0.1, 0.15) is 18.2 Å². The second kappa shape index (κ2) is 11.8. The number of aliphatic imine (C=N–C) groups is 1. The van der Waals surface area contributed by atoms with E-state index in [0.717, 1.165) is 25.3 Å². The van der Waals surface area contributed by atoms with Gasteiger partial charge in [0.05, 0.1) is 6.54 Å². The third-order valence-corrected chi connectivity index (χ3v) is 3.76. The van der Waals surface area contributed by atoms with Gasteiger partial charge in [0.2, 0.25) is 5.91 Å². The highest BCUT2D eigenvalue weighted by atomic mass is 127. The van der Waals surface area contributed by atoms with Gasteiger partial charge < -0.3 is 15.5 Å². The Bertz CT molecular complexity index is 423. The van der Waals surface area contributed by atoms with Crippen LogP contribution in [0, 0.1) is 0 Å². The minimum absolute atomic E-state index is 0. The summed E-state index contributed by atoms with van der Waals surface area (Å²) in [7, 11) is 3.71. The first-order chi connectivity index (χ1) is 9.67. The maximum Gasteiger partial charge on any atom is 0.239 e. The smallest absolute Gasteiger partial charge is 0.239 e. The van der Waals surface area contributed by atoms with Crippen molar-refractivity contribution in [3.8, 4) is 0 Å². The van der Waals surface area contributed by atoms with Gasteiger partial charge in [-0.15, -0.1) is 35.3 Å². The first kappa shape index (κ1) is 20.2. The Morgan fingerprint density at radius 1 is 1.43 bits per heavy atom. The summed E-state index contributed by atoms with van der Waals surface area (Å²) in [4.78, 5) is 19.1. The second-order valence-electron chi connectivity index (χ2n) is 4.50. The highest BCUT2D eigenvalue weighted by Crippen LogP contribution is 2.09. The number of hydrogen-bond acceptors (Lipinski definition) is 3. The first-order valence-electron chi connectivity index (χ1n) is 6.88. The molecule has 0 aliphatic heterocycles. The predicted octanol–water partition coefficient (Wildman–Crippen LogP) is 1.94. The average Bonchev–Trinajstić information content (AvgIpc) is 2.96. The van der Waals surface area contributed by atoms with E-state index in [2.05, 4.69) is 33.1 Å². The van der Waals surface area contributed by atoms with Gasteiger partial charge in [-0.3, -0.25) is 9.79 Å². The molecule has 21 heavy (non-hydrogen) atoms. The Balaban J connectivity index is 0.00000400. The summed E-state index contributed by atoms with van der Waals surface area (Å²) in [5, 5.41) is 7.99. The Hall–Kier alpha value is -0.830. The molecule has 0 spiro atoms. The van der Waals surface area contributed by atoms with Crippen LogP contribution in [0.4, 0.5) is 0 Å². The molecule has 1 rings (SSSR count). The van der Waals surface area contributed by atoms with Crippen LogP contribution in [-0.4, -0.2) is 50.5 Å². The minimum atomic E-state index is -0.000318. The quantitative estimate of drug-likeness (QED) is 0.400. The lowest BCUT2D eigenvalue weighted by Gasteiger charge is -2.21. The monoisotopic (exact) mass is 424 g/mol. The lowest BCUT2D eigenvalue weighted by Crippen LogP contribution is -2.44. The van der Waals surface area contributed by atoms with Crippen LogP contribution in [0.25, 0.3) is 0 Å². The van der Waals surface area contributed by atoms with Crippen LogP contribution >= 0.6 is 35.3 Å². The van der Waals surface area contributed by atoms with Crippen LogP contribution in [0.2, 0.25) is 0 Å². The van der Waals surface area contributed by atoms with E-state index >= 15 is 0 Å². The van der Waals surface area contributed by atoms with Crippen LogP contribution in [-0.2, 0) is 11.2 Å². The second-order valence-corrected chi connectivity index (χ2v) is 5.53. The van der Waals surface area contributed by atoms with E-state index in [9.17, 15) is 4.79 Å². The van der Waals surface area contributed by atoms with Gasteiger partial charge in [-0.2, -0.15) is 0 Å². The molecule has 0 saturated carbocycles. The molecule has 120 valence electrons. The van der Waals surface area contributed by atoms with Crippen LogP contribution < -0.4 is 10.6 Å². The Kier molecular flexibility index (Phi) is 11.3. The Labute approximate surface area is 148 Å². The van der Waals surface area contributed by atoms with Gasteiger partial charge in [-0.1, -0.05) is 13.0 Å². The molecule has 0 aliphatic rings. The van der Waals surface area contributed by atoms with Crippen LogP contribution in [0.5, 0.6) is 0 Å². The molecule has 0 atom stereocenters. The van der Waals surface area contributed by atoms with E-state index in [4.69, 9.17) is 0 Å². The van der Waals surface area contributed by atoms with E-state index in [0.29, 0.717) is 6.54 Å². The van der Waals surface area contributed by atoms with Gasteiger partial charge in [-0.05, 0) is 24.3 Å². The van der Waals surface area contributed by atoms with Crippen molar-refractivity contribution in [1.82, 2.24) is 15.5 Å². The molecule has 1 aromatic heterocycles. The molecule has 7 heteroatoms. The summed E-state index contributed by atoms with van der Waals surface area (Å²) in [5.74, 6) is 0.743. The van der Waals surface area contributed by atoms with Crippen LogP contribution in [0.3, 0.4) is 0 Å². The molecule has 1 amide bonds. The summed E-state index contributed by atoms with van der Waals surface area (Å²) in [6.07, 6.45) is 1.93. The van der Waals surface area contributed by atoms with E-state index in [1.54, 1.807) is 18.4 Å². The molecule has 0 bridgehead atoms. The molecule has 1 heterocycles. The van der Waals surface area contributed by atoms with E-state index in [1.165, 1.54) is 4.88 Å². The molecule has 0 radical (unpaired) electrons. The van der Waals surface area contributed by atoms with E-state index < -0.39 is 0 Å². The topological polar surface area (TPSA) is 56.7 Å². The summed E-state index contributed by atoms with van der Waals surface area (Å²) in [6.45, 7) is 3.88. The van der Waals surface area contributed by atoms with Crippen molar-refractivity contribution in [2.45, 2.75) is 19.8 Å². The number of rotatable bonds is 7. The van der Waals surface area contributed by atoms with Crippen molar-refractivity contribution in [3.63, 3.8) is 0 Å².